The van der Waals surface area contributed by atoms with Gasteiger partial charge in [-0.05, 0) is 6.92 Å². The molecule has 3 nitrogen and oxygen atoms in total. The molecule has 0 aromatic rings. The lowest BCUT2D eigenvalue weighted by molar-refractivity contribution is -0.210. The average Bonchev–Trinajstić information content (AvgIpc) is 2.14. The lowest BCUT2D eigenvalue weighted by Gasteiger charge is -2.29. The fraction of sp³-hybridized carbons (Fsp3) is 0.857. The molecule has 1 atom stereocenters. The maximum absolute atomic E-state index is 12.2. The standard InChI is InChI=1S/C7H10F5NO2/c1-6(2-8,3-9)4(13)15-5(14)7(10,11)12/h4H,2-3,13H2,1H3/t4-/m1/s1. The van der Waals surface area contributed by atoms with Crippen LogP contribution in [0.15, 0.2) is 0 Å². The first-order valence-corrected chi connectivity index (χ1v) is 3.82. The van der Waals surface area contributed by atoms with Crippen LogP contribution in [0.4, 0.5) is 22.0 Å². The van der Waals surface area contributed by atoms with E-state index in [1.54, 1.807) is 0 Å². The Kier molecular flexibility index (Phi) is 4.44. The van der Waals surface area contributed by atoms with Crippen LogP contribution in [0.1, 0.15) is 6.92 Å². The second kappa shape index (κ2) is 4.73. The SMILES string of the molecule is CC(CF)(CF)[C@H](N)OC(=O)C(F)(F)F. The maximum atomic E-state index is 12.2. The van der Waals surface area contributed by atoms with Gasteiger partial charge in [-0.3, -0.25) is 14.5 Å². The van der Waals surface area contributed by atoms with Gasteiger partial charge in [0.05, 0.1) is 5.41 Å². The number of alkyl halides is 5. The largest absolute Gasteiger partial charge is 0.490 e. The van der Waals surface area contributed by atoms with Gasteiger partial charge in [-0.2, -0.15) is 13.2 Å². The van der Waals surface area contributed by atoms with Crippen LogP contribution >= 0.6 is 0 Å². The van der Waals surface area contributed by atoms with Crippen LogP contribution in [0.25, 0.3) is 0 Å². The summed E-state index contributed by atoms with van der Waals surface area (Å²) in [5.74, 6) is -2.57. The third-order valence-corrected chi connectivity index (χ3v) is 1.76. The van der Waals surface area contributed by atoms with Crippen LogP contribution in [0.3, 0.4) is 0 Å². The molecule has 0 amide bonds. The first-order chi connectivity index (χ1) is 6.67. The summed E-state index contributed by atoms with van der Waals surface area (Å²) in [5, 5.41) is 0. The Hall–Kier alpha value is -0.920. The molecule has 0 aromatic carbocycles. The second-order valence-electron chi connectivity index (χ2n) is 3.24. The Bertz CT molecular complexity index is 226. The number of halogens is 5. The number of carbonyl (C=O) groups excluding carboxylic acids is 1. The van der Waals surface area contributed by atoms with E-state index in [1.165, 1.54) is 0 Å². The van der Waals surface area contributed by atoms with E-state index in [-0.39, 0.29) is 0 Å². The van der Waals surface area contributed by atoms with Crippen LogP contribution in [-0.4, -0.2) is 31.7 Å². The average molecular weight is 235 g/mol. The van der Waals surface area contributed by atoms with Crippen LogP contribution in [0.5, 0.6) is 0 Å². The van der Waals surface area contributed by atoms with Gasteiger partial charge in [0, 0.05) is 0 Å². The molecule has 8 heteroatoms. The molecule has 15 heavy (non-hydrogen) atoms. The van der Waals surface area contributed by atoms with Crippen molar-refractivity contribution in [3.63, 3.8) is 0 Å². The summed E-state index contributed by atoms with van der Waals surface area (Å²) in [6.07, 6.45) is -7.22. The number of hydrogen-bond donors (Lipinski definition) is 1. The molecular formula is C7H10F5NO2. The van der Waals surface area contributed by atoms with E-state index in [0.29, 0.717) is 0 Å². The van der Waals surface area contributed by atoms with Crippen molar-refractivity contribution >= 4 is 5.97 Å². The van der Waals surface area contributed by atoms with Crippen LogP contribution in [0.2, 0.25) is 0 Å². The Morgan fingerprint density at radius 3 is 2.00 bits per heavy atom. The summed E-state index contributed by atoms with van der Waals surface area (Å²) >= 11 is 0. The first kappa shape index (κ1) is 14.1. The zero-order valence-corrected chi connectivity index (χ0v) is 7.78. The number of hydrogen-bond acceptors (Lipinski definition) is 3. The van der Waals surface area contributed by atoms with E-state index >= 15 is 0 Å². The van der Waals surface area contributed by atoms with Gasteiger partial charge in [0.15, 0.2) is 6.23 Å². The Morgan fingerprint density at radius 2 is 1.73 bits per heavy atom. The number of rotatable bonds is 4. The Labute approximate surface area is 82.4 Å². The summed E-state index contributed by atoms with van der Waals surface area (Å²) in [4.78, 5) is 10.3. The number of ether oxygens (including phenoxy) is 1. The Morgan fingerprint density at radius 1 is 1.33 bits per heavy atom. The van der Waals surface area contributed by atoms with Crippen molar-refractivity contribution < 1.29 is 31.5 Å². The molecule has 0 saturated heterocycles. The third-order valence-electron chi connectivity index (χ3n) is 1.76. The van der Waals surface area contributed by atoms with Crippen LogP contribution < -0.4 is 5.73 Å². The highest BCUT2D eigenvalue weighted by atomic mass is 19.4. The lowest BCUT2D eigenvalue weighted by Crippen LogP contribution is -2.48. The molecule has 0 aliphatic rings. The van der Waals surface area contributed by atoms with Crippen LogP contribution in [-0.2, 0) is 9.53 Å². The highest BCUT2D eigenvalue weighted by molar-refractivity contribution is 5.75. The Balaban J connectivity index is 4.49. The van der Waals surface area contributed by atoms with Gasteiger partial charge < -0.3 is 4.74 Å². The molecule has 0 bridgehead atoms. The fourth-order valence-corrected chi connectivity index (χ4v) is 0.512. The monoisotopic (exact) mass is 235 g/mol. The normalized spacial score (nSPS) is 14.9. The molecule has 0 spiro atoms. The van der Waals surface area contributed by atoms with E-state index in [2.05, 4.69) is 4.74 Å². The fourth-order valence-electron chi connectivity index (χ4n) is 0.512. The predicted octanol–water partition coefficient (Wildman–Crippen LogP) is 1.32. The summed E-state index contributed by atoms with van der Waals surface area (Å²) in [6, 6.07) is 0. The minimum Gasteiger partial charge on any atom is -0.439 e. The predicted molar refractivity (Wildman–Crippen MR) is 40.2 cm³/mol. The van der Waals surface area contributed by atoms with Crippen molar-refractivity contribution in [1.82, 2.24) is 0 Å². The first-order valence-electron chi connectivity index (χ1n) is 3.82. The van der Waals surface area contributed by atoms with Gasteiger partial charge in [0.25, 0.3) is 0 Å². The molecular weight excluding hydrogens is 225 g/mol. The van der Waals surface area contributed by atoms with Crippen molar-refractivity contribution in [2.75, 3.05) is 13.3 Å². The molecule has 0 fully saturated rings. The second-order valence-corrected chi connectivity index (χ2v) is 3.24. The molecule has 2 N–H and O–H groups in total. The molecule has 90 valence electrons. The maximum Gasteiger partial charge on any atom is 0.490 e. The molecule has 0 rings (SSSR count). The van der Waals surface area contributed by atoms with Crippen molar-refractivity contribution in [2.24, 2.45) is 11.1 Å². The van der Waals surface area contributed by atoms with Gasteiger partial charge in [0.1, 0.15) is 13.3 Å². The zero-order valence-electron chi connectivity index (χ0n) is 7.78. The smallest absolute Gasteiger partial charge is 0.439 e. The summed E-state index contributed by atoms with van der Waals surface area (Å²) in [6.45, 7) is -1.74. The molecule has 0 radical (unpaired) electrons. The van der Waals surface area contributed by atoms with Crippen molar-refractivity contribution in [2.45, 2.75) is 19.3 Å². The number of carbonyl (C=O) groups is 1. The van der Waals surface area contributed by atoms with Gasteiger partial charge in [-0.25, -0.2) is 4.79 Å². The lowest BCUT2D eigenvalue weighted by atomic mass is 9.92. The van der Waals surface area contributed by atoms with E-state index in [4.69, 9.17) is 5.73 Å². The van der Waals surface area contributed by atoms with Gasteiger partial charge in [-0.15, -0.1) is 0 Å². The molecule has 0 heterocycles. The zero-order chi connectivity index (χ0) is 12.3. The minimum atomic E-state index is -5.23. The van der Waals surface area contributed by atoms with E-state index in [1.807, 2.05) is 0 Å². The summed E-state index contributed by atoms with van der Waals surface area (Å²) in [7, 11) is 0. The summed E-state index contributed by atoms with van der Waals surface area (Å²) < 4.78 is 63.3. The molecule has 0 unspecified atom stereocenters. The van der Waals surface area contributed by atoms with Gasteiger partial charge >= 0.3 is 12.1 Å². The van der Waals surface area contributed by atoms with Crippen LogP contribution in [0, 0.1) is 5.41 Å². The highest BCUT2D eigenvalue weighted by Crippen LogP contribution is 2.25. The molecule has 0 aliphatic carbocycles. The molecule has 0 aliphatic heterocycles. The minimum absolute atomic E-state index is 0.932. The highest BCUT2D eigenvalue weighted by Gasteiger charge is 2.45. The quantitative estimate of drug-likeness (QED) is 0.454. The summed E-state index contributed by atoms with van der Waals surface area (Å²) in [5.41, 5.74) is 2.99. The van der Waals surface area contributed by atoms with E-state index < -0.39 is 37.1 Å². The molecule has 0 saturated carbocycles. The molecule has 0 aromatic heterocycles. The topological polar surface area (TPSA) is 52.3 Å². The van der Waals surface area contributed by atoms with Crippen molar-refractivity contribution in [3.05, 3.63) is 0 Å². The van der Waals surface area contributed by atoms with Crippen molar-refractivity contribution in [3.8, 4) is 0 Å². The van der Waals surface area contributed by atoms with E-state index in [0.717, 1.165) is 6.92 Å². The number of nitrogens with two attached hydrogens (primary N) is 1. The van der Waals surface area contributed by atoms with Gasteiger partial charge in [-0.1, -0.05) is 0 Å². The van der Waals surface area contributed by atoms with Gasteiger partial charge in [0.2, 0.25) is 0 Å². The third kappa shape index (κ3) is 3.61. The van der Waals surface area contributed by atoms with E-state index in [9.17, 15) is 26.7 Å². The van der Waals surface area contributed by atoms with Crippen molar-refractivity contribution in [1.29, 1.82) is 0 Å². The number of esters is 1.